The first-order chi connectivity index (χ1) is 19.0. The molecule has 2 heterocycles. The van der Waals surface area contributed by atoms with Crippen LogP contribution >= 0.6 is 0 Å². The summed E-state index contributed by atoms with van der Waals surface area (Å²) >= 11 is 0. The molecule has 0 aliphatic carbocycles. The summed E-state index contributed by atoms with van der Waals surface area (Å²) in [6.07, 6.45) is 4.88. The highest BCUT2D eigenvalue weighted by molar-refractivity contribution is 5.94. The fourth-order valence-electron chi connectivity index (χ4n) is 4.20. The first-order valence-electron chi connectivity index (χ1n) is 12.7. The lowest BCUT2D eigenvalue weighted by atomic mass is 10.0. The summed E-state index contributed by atoms with van der Waals surface area (Å²) in [5.74, 6) is 0.463. The van der Waals surface area contributed by atoms with Crippen molar-refractivity contribution in [2.75, 3.05) is 52.4 Å². The van der Waals surface area contributed by atoms with Crippen LogP contribution in [0.1, 0.15) is 0 Å². The van der Waals surface area contributed by atoms with E-state index >= 15 is 4.39 Å². The van der Waals surface area contributed by atoms with E-state index in [1.165, 1.54) is 12.4 Å². The van der Waals surface area contributed by atoms with Gasteiger partial charge in [0, 0.05) is 25.0 Å². The molecule has 0 N–H and O–H groups in total. The minimum Gasteiger partial charge on any atom is -0.489 e. The molecule has 0 aliphatic heterocycles. The standard InChI is InChI=1S/C29H31FN8O/c1-35(2)15-16-36(3)17-18-39-28-12-10-23(20-26(28)30)22-9-11-27-25(19-22)29(32-21-31-27)38(37-14-13-33-34-37)24-7-5-4-6-8-24/h4-14,19-21H,15-18H2,1-3H3. The highest BCUT2D eigenvalue weighted by atomic mass is 19.1. The Morgan fingerprint density at radius 2 is 1.67 bits per heavy atom. The Kier molecular flexibility index (Phi) is 8.04. The van der Waals surface area contributed by atoms with Crippen LogP contribution in [0.15, 0.2) is 85.5 Å². The van der Waals surface area contributed by atoms with Crippen molar-refractivity contribution in [1.29, 1.82) is 0 Å². The Hall–Kier alpha value is -4.41. The summed E-state index contributed by atoms with van der Waals surface area (Å²) < 4.78 is 20.8. The molecular weight excluding hydrogens is 495 g/mol. The van der Waals surface area contributed by atoms with Gasteiger partial charge in [-0.25, -0.2) is 19.4 Å². The molecule has 0 radical (unpaired) electrons. The van der Waals surface area contributed by atoms with Crippen molar-refractivity contribution < 1.29 is 9.13 Å². The van der Waals surface area contributed by atoms with Gasteiger partial charge >= 0.3 is 0 Å². The summed E-state index contributed by atoms with van der Waals surface area (Å²) in [6, 6.07) is 20.6. The number of hydrogen-bond acceptors (Lipinski definition) is 8. The molecular formula is C29H31FN8O. The van der Waals surface area contributed by atoms with E-state index in [4.69, 9.17) is 4.74 Å². The molecule has 2 aromatic heterocycles. The number of hydrogen-bond donors (Lipinski definition) is 0. The summed E-state index contributed by atoms with van der Waals surface area (Å²) in [4.78, 5) is 15.0. The van der Waals surface area contributed by atoms with Crippen molar-refractivity contribution in [1.82, 2.24) is 34.9 Å². The third kappa shape index (κ3) is 6.19. The smallest absolute Gasteiger partial charge is 0.165 e. The highest BCUT2D eigenvalue weighted by Crippen LogP contribution is 2.33. The molecule has 9 nitrogen and oxygen atoms in total. The zero-order valence-electron chi connectivity index (χ0n) is 22.3. The van der Waals surface area contributed by atoms with Crippen molar-refractivity contribution in [3.05, 3.63) is 91.3 Å². The second-order valence-corrected chi connectivity index (χ2v) is 9.50. The Morgan fingerprint density at radius 3 is 2.41 bits per heavy atom. The molecule has 10 heteroatoms. The number of likely N-dealkylation sites (N-methyl/N-ethyl adjacent to an activating group) is 2. The highest BCUT2D eigenvalue weighted by Gasteiger charge is 2.18. The first kappa shape index (κ1) is 26.2. The van der Waals surface area contributed by atoms with E-state index in [9.17, 15) is 0 Å². The number of fused-ring (bicyclic) bond motifs is 1. The lowest BCUT2D eigenvalue weighted by Crippen LogP contribution is -2.31. The molecule has 0 spiro atoms. The molecule has 3 aromatic carbocycles. The fourth-order valence-corrected chi connectivity index (χ4v) is 4.20. The summed E-state index contributed by atoms with van der Waals surface area (Å²) in [5.41, 5.74) is 3.17. The van der Waals surface area contributed by atoms with Crippen LogP contribution in [0.2, 0.25) is 0 Å². The molecule has 39 heavy (non-hydrogen) atoms. The number of benzene rings is 3. The van der Waals surface area contributed by atoms with Crippen LogP contribution < -0.4 is 9.75 Å². The molecule has 0 fully saturated rings. The van der Waals surface area contributed by atoms with Crippen molar-refractivity contribution >= 4 is 22.4 Å². The zero-order valence-corrected chi connectivity index (χ0v) is 22.3. The number of anilines is 2. The van der Waals surface area contributed by atoms with Gasteiger partial charge in [0.2, 0.25) is 0 Å². The van der Waals surface area contributed by atoms with Crippen molar-refractivity contribution in [3.8, 4) is 16.9 Å². The van der Waals surface area contributed by atoms with Gasteiger partial charge < -0.3 is 14.5 Å². The molecule has 0 saturated carbocycles. The van der Waals surface area contributed by atoms with Gasteiger partial charge in [0.1, 0.15) is 12.9 Å². The van der Waals surface area contributed by atoms with Gasteiger partial charge in [-0.3, -0.25) is 0 Å². The maximum Gasteiger partial charge on any atom is 0.165 e. The van der Waals surface area contributed by atoms with E-state index in [-0.39, 0.29) is 5.75 Å². The molecule has 0 bridgehead atoms. The number of nitrogens with zero attached hydrogens (tertiary/aromatic N) is 8. The van der Waals surface area contributed by atoms with Crippen molar-refractivity contribution in [2.45, 2.75) is 0 Å². The Balaban J connectivity index is 1.41. The van der Waals surface area contributed by atoms with Crippen LogP contribution in [0, 0.1) is 5.82 Å². The van der Waals surface area contributed by atoms with E-state index in [1.54, 1.807) is 23.3 Å². The van der Waals surface area contributed by atoms with E-state index in [0.29, 0.717) is 19.0 Å². The fraction of sp³-hybridized carbons (Fsp3) is 0.241. The van der Waals surface area contributed by atoms with Gasteiger partial charge in [-0.05, 0) is 73.9 Å². The topological polar surface area (TPSA) is 75.4 Å². The minimum atomic E-state index is -0.401. The van der Waals surface area contributed by atoms with Gasteiger partial charge in [0.15, 0.2) is 17.4 Å². The molecule has 200 valence electrons. The first-order valence-corrected chi connectivity index (χ1v) is 12.7. The molecule has 5 rings (SSSR count). The number of rotatable bonds is 11. The van der Waals surface area contributed by atoms with Gasteiger partial charge in [-0.1, -0.05) is 30.3 Å². The van der Waals surface area contributed by atoms with E-state index in [1.807, 2.05) is 80.7 Å². The predicted octanol–water partition coefficient (Wildman–Crippen LogP) is 4.50. The summed E-state index contributed by atoms with van der Waals surface area (Å²) in [7, 11) is 6.12. The second kappa shape index (κ2) is 12.0. The van der Waals surface area contributed by atoms with E-state index in [0.717, 1.165) is 40.8 Å². The zero-order chi connectivity index (χ0) is 27.2. The Morgan fingerprint density at radius 1 is 0.872 bits per heavy atom. The lowest BCUT2D eigenvalue weighted by molar-refractivity contribution is 0.217. The van der Waals surface area contributed by atoms with Crippen LogP contribution in [-0.2, 0) is 0 Å². The molecule has 0 aliphatic rings. The largest absolute Gasteiger partial charge is 0.489 e. The molecule has 0 atom stereocenters. The third-order valence-corrected chi connectivity index (χ3v) is 6.36. The van der Waals surface area contributed by atoms with Gasteiger partial charge in [-0.15, -0.1) is 5.10 Å². The van der Waals surface area contributed by atoms with Crippen LogP contribution in [0.3, 0.4) is 0 Å². The quantitative estimate of drug-likeness (QED) is 0.249. The average Bonchev–Trinajstić information content (AvgIpc) is 3.48. The third-order valence-electron chi connectivity index (χ3n) is 6.36. The van der Waals surface area contributed by atoms with Gasteiger partial charge in [-0.2, -0.15) is 4.79 Å². The minimum absolute atomic E-state index is 0.242. The average molecular weight is 527 g/mol. The molecule has 0 unspecified atom stereocenters. The SMILES string of the molecule is CN(C)CCN(C)CCOc1ccc(-c2ccc3ncnc(N(c4ccccc4)n4ccnn4)c3c2)cc1F. The Bertz CT molecular complexity index is 1510. The van der Waals surface area contributed by atoms with Crippen LogP contribution in [0.4, 0.5) is 15.9 Å². The molecule has 5 aromatic rings. The van der Waals surface area contributed by atoms with Gasteiger partial charge in [0.25, 0.3) is 0 Å². The second-order valence-electron chi connectivity index (χ2n) is 9.50. The maximum atomic E-state index is 15.0. The van der Waals surface area contributed by atoms with Gasteiger partial charge in [0.05, 0.1) is 23.6 Å². The number of ether oxygens (including phenoxy) is 1. The van der Waals surface area contributed by atoms with Crippen LogP contribution in [-0.4, -0.2) is 82.3 Å². The normalized spacial score (nSPS) is 11.4. The number of halogens is 1. The maximum absolute atomic E-state index is 15.0. The van der Waals surface area contributed by atoms with Crippen LogP contribution in [0.25, 0.3) is 22.0 Å². The molecule has 0 saturated heterocycles. The summed E-state index contributed by atoms with van der Waals surface area (Å²) in [6.45, 7) is 3.00. The number of para-hydroxylation sites is 1. The number of aromatic nitrogens is 5. The van der Waals surface area contributed by atoms with Crippen molar-refractivity contribution in [2.24, 2.45) is 0 Å². The van der Waals surface area contributed by atoms with Crippen molar-refractivity contribution in [3.63, 3.8) is 0 Å². The van der Waals surface area contributed by atoms with E-state index < -0.39 is 5.82 Å². The van der Waals surface area contributed by atoms with E-state index in [2.05, 4.69) is 30.1 Å². The predicted molar refractivity (Wildman–Crippen MR) is 150 cm³/mol. The molecule has 0 amide bonds. The monoisotopic (exact) mass is 526 g/mol. The summed E-state index contributed by atoms with van der Waals surface area (Å²) in [5, 5.41) is 10.8. The Labute approximate surface area is 227 Å². The van der Waals surface area contributed by atoms with Crippen LogP contribution in [0.5, 0.6) is 5.75 Å². The lowest BCUT2D eigenvalue weighted by Gasteiger charge is -2.23.